The Balaban J connectivity index is 1.74. The van der Waals surface area contributed by atoms with E-state index in [2.05, 4.69) is 5.32 Å². The number of rotatable bonds is 2. The average Bonchev–Trinajstić information content (AvgIpc) is 3.14. The molecule has 0 amide bonds. The van der Waals surface area contributed by atoms with Crippen LogP contribution in [0.15, 0.2) is 0 Å². The molecule has 3 aliphatic heterocycles. The van der Waals surface area contributed by atoms with Crippen LogP contribution in [-0.2, 0) is 19.3 Å². The maximum atomic E-state index is 6.50. The highest BCUT2D eigenvalue weighted by Crippen LogP contribution is 2.47. The standard InChI is InChI=1S/C16H20ClNO2/c17-14-12-4-7-19-15(12)13(11-3-6-20-16(11)14)8-10-2-1-5-18-9-10/h10,18H,1-9H2. The van der Waals surface area contributed by atoms with E-state index in [9.17, 15) is 0 Å². The Labute approximate surface area is 124 Å². The van der Waals surface area contributed by atoms with Crippen LogP contribution in [-0.4, -0.2) is 26.3 Å². The smallest absolute Gasteiger partial charge is 0.142 e. The lowest BCUT2D eigenvalue weighted by Gasteiger charge is -2.24. The Morgan fingerprint density at radius 1 is 1.10 bits per heavy atom. The molecule has 1 N–H and O–H groups in total. The molecule has 3 aliphatic rings. The zero-order valence-electron chi connectivity index (χ0n) is 11.6. The molecule has 3 nitrogen and oxygen atoms in total. The molecule has 20 heavy (non-hydrogen) atoms. The monoisotopic (exact) mass is 293 g/mol. The second-order valence-electron chi connectivity index (χ2n) is 6.02. The molecule has 1 atom stereocenters. The van der Waals surface area contributed by atoms with E-state index in [1.165, 1.54) is 29.5 Å². The van der Waals surface area contributed by atoms with Gasteiger partial charge in [0.25, 0.3) is 0 Å². The van der Waals surface area contributed by atoms with Crippen molar-refractivity contribution < 1.29 is 9.47 Å². The molecule has 1 unspecified atom stereocenters. The Bertz CT molecular complexity index is 503. The lowest BCUT2D eigenvalue weighted by Crippen LogP contribution is -2.31. The quantitative estimate of drug-likeness (QED) is 0.909. The van der Waals surface area contributed by atoms with Crippen LogP contribution in [0.1, 0.15) is 29.5 Å². The maximum Gasteiger partial charge on any atom is 0.142 e. The van der Waals surface area contributed by atoms with Gasteiger partial charge in [0.15, 0.2) is 0 Å². The van der Waals surface area contributed by atoms with Crippen molar-refractivity contribution in [1.29, 1.82) is 0 Å². The molecule has 0 aromatic heterocycles. The van der Waals surface area contributed by atoms with E-state index < -0.39 is 0 Å². The summed E-state index contributed by atoms with van der Waals surface area (Å²) in [6.45, 7) is 3.79. The highest BCUT2D eigenvalue weighted by Gasteiger charge is 2.31. The number of piperidine rings is 1. The molecular formula is C16H20ClNO2. The normalized spacial score (nSPS) is 23.9. The van der Waals surface area contributed by atoms with Crippen LogP contribution in [0.2, 0.25) is 5.02 Å². The van der Waals surface area contributed by atoms with Crippen molar-refractivity contribution in [3.63, 3.8) is 0 Å². The van der Waals surface area contributed by atoms with Crippen molar-refractivity contribution >= 4 is 11.6 Å². The van der Waals surface area contributed by atoms with Gasteiger partial charge in [0.2, 0.25) is 0 Å². The van der Waals surface area contributed by atoms with Crippen LogP contribution in [0.4, 0.5) is 0 Å². The first-order valence-corrected chi connectivity index (χ1v) is 8.05. The van der Waals surface area contributed by atoms with Crippen LogP contribution in [0.3, 0.4) is 0 Å². The molecule has 1 aromatic rings. The Morgan fingerprint density at radius 2 is 1.90 bits per heavy atom. The lowest BCUT2D eigenvalue weighted by molar-refractivity contribution is 0.341. The number of halogens is 1. The van der Waals surface area contributed by atoms with Gasteiger partial charge in [0.1, 0.15) is 11.5 Å². The lowest BCUT2D eigenvalue weighted by atomic mass is 9.88. The van der Waals surface area contributed by atoms with E-state index in [-0.39, 0.29) is 0 Å². The largest absolute Gasteiger partial charge is 0.493 e. The van der Waals surface area contributed by atoms with E-state index in [0.717, 1.165) is 62.1 Å². The summed E-state index contributed by atoms with van der Waals surface area (Å²) in [4.78, 5) is 0. The van der Waals surface area contributed by atoms with Crippen molar-refractivity contribution in [3.8, 4) is 11.5 Å². The van der Waals surface area contributed by atoms with Crippen molar-refractivity contribution in [3.05, 3.63) is 21.7 Å². The van der Waals surface area contributed by atoms with Gasteiger partial charge in [-0.05, 0) is 38.3 Å². The van der Waals surface area contributed by atoms with Crippen molar-refractivity contribution in [1.82, 2.24) is 5.32 Å². The molecular weight excluding hydrogens is 274 g/mol. The summed E-state index contributed by atoms with van der Waals surface area (Å²) < 4.78 is 11.7. The van der Waals surface area contributed by atoms with Crippen LogP contribution in [0.25, 0.3) is 0 Å². The molecule has 0 radical (unpaired) electrons. The number of hydrogen-bond donors (Lipinski definition) is 1. The Hall–Kier alpha value is -0.930. The molecule has 1 saturated heterocycles. The van der Waals surface area contributed by atoms with Crippen molar-refractivity contribution in [2.75, 3.05) is 26.3 Å². The van der Waals surface area contributed by atoms with Crippen molar-refractivity contribution in [2.45, 2.75) is 32.1 Å². The van der Waals surface area contributed by atoms with Crippen LogP contribution in [0, 0.1) is 5.92 Å². The van der Waals surface area contributed by atoms with E-state index in [0.29, 0.717) is 5.92 Å². The molecule has 0 aliphatic carbocycles. The number of ether oxygens (including phenoxy) is 2. The first kappa shape index (κ1) is 12.8. The Kier molecular flexibility index (Phi) is 3.27. The SMILES string of the molecule is Clc1c2c(c(CC3CCCNC3)c3c1OCC3)OCC2. The molecule has 4 rings (SSSR count). The predicted molar refractivity (Wildman–Crippen MR) is 79.1 cm³/mol. The second-order valence-corrected chi connectivity index (χ2v) is 6.40. The highest BCUT2D eigenvalue weighted by atomic mass is 35.5. The van der Waals surface area contributed by atoms with Crippen LogP contribution in [0.5, 0.6) is 11.5 Å². The topological polar surface area (TPSA) is 30.5 Å². The van der Waals surface area contributed by atoms with Gasteiger partial charge in [-0.3, -0.25) is 0 Å². The molecule has 0 spiro atoms. The maximum absolute atomic E-state index is 6.50. The third kappa shape index (κ3) is 1.99. The van der Waals surface area contributed by atoms with Gasteiger partial charge in [0, 0.05) is 29.5 Å². The number of nitrogens with one attached hydrogen (secondary N) is 1. The van der Waals surface area contributed by atoms with Gasteiger partial charge in [-0.2, -0.15) is 0 Å². The Morgan fingerprint density at radius 3 is 2.70 bits per heavy atom. The summed E-state index contributed by atoms with van der Waals surface area (Å²) in [6, 6.07) is 0. The van der Waals surface area contributed by atoms with E-state index >= 15 is 0 Å². The molecule has 0 saturated carbocycles. The third-order valence-electron chi connectivity index (χ3n) is 4.74. The number of hydrogen-bond acceptors (Lipinski definition) is 3. The number of benzene rings is 1. The van der Waals surface area contributed by atoms with Gasteiger partial charge in [-0.15, -0.1) is 0 Å². The van der Waals surface area contributed by atoms with Gasteiger partial charge >= 0.3 is 0 Å². The molecule has 4 heteroatoms. The summed E-state index contributed by atoms with van der Waals surface area (Å²) in [5.74, 6) is 2.72. The predicted octanol–water partition coefficient (Wildman–Crippen LogP) is 2.75. The molecule has 108 valence electrons. The summed E-state index contributed by atoms with van der Waals surface area (Å²) in [7, 11) is 0. The van der Waals surface area contributed by atoms with Gasteiger partial charge in [-0.25, -0.2) is 0 Å². The summed E-state index contributed by atoms with van der Waals surface area (Å²) in [5, 5.41) is 4.31. The fourth-order valence-corrected chi connectivity index (χ4v) is 4.10. The first-order chi connectivity index (χ1) is 9.84. The van der Waals surface area contributed by atoms with Gasteiger partial charge in [0.05, 0.1) is 18.2 Å². The zero-order chi connectivity index (χ0) is 13.5. The third-order valence-corrected chi connectivity index (χ3v) is 5.14. The second kappa shape index (κ2) is 5.12. The van der Waals surface area contributed by atoms with Crippen molar-refractivity contribution in [2.24, 2.45) is 5.92 Å². The fraction of sp³-hybridized carbons (Fsp3) is 0.625. The minimum atomic E-state index is 0.711. The molecule has 3 heterocycles. The zero-order valence-corrected chi connectivity index (χ0v) is 12.4. The summed E-state index contributed by atoms with van der Waals surface area (Å²) >= 11 is 6.50. The fourth-order valence-electron chi connectivity index (χ4n) is 3.75. The molecule has 1 aromatic carbocycles. The molecule has 1 fully saturated rings. The summed E-state index contributed by atoms with van der Waals surface area (Å²) in [5.41, 5.74) is 3.86. The van der Waals surface area contributed by atoms with E-state index in [1.807, 2.05) is 0 Å². The minimum Gasteiger partial charge on any atom is -0.493 e. The molecule has 0 bridgehead atoms. The van der Waals surface area contributed by atoms with Crippen LogP contribution < -0.4 is 14.8 Å². The van der Waals surface area contributed by atoms with E-state index in [1.54, 1.807) is 0 Å². The summed E-state index contributed by atoms with van der Waals surface area (Å²) in [6.07, 6.45) is 5.57. The highest BCUT2D eigenvalue weighted by molar-refractivity contribution is 6.33. The minimum absolute atomic E-state index is 0.711. The first-order valence-electron chi connectivity index (χ1n) is 7.67. The average molecular weight is 294 g/mol. The van der Waals surface area contributed by atoms with Crippen LogP contribution >= 0.6 is 11.6 Å². The van der Waals surface area contributed by atoms with Gasteiger partial charge < -0.3 is 14.8 Å². The number of fused-ring (bicyclic) bond motifs is 2. The van der Waals surface area contributed by atoms with E-state index in [4.69, 9.17) is 21.1 Å². The van der Waals surface area contributed by atoms with Gasteiger partial charge in [-0.1, -0.05) is 11.6 Å².